The second-order valence-corrected chi connectivity index (χ2v) is 5.60. The fraction of sp³-hybridized carbons (Fsp3) is 0.308. The predicted octanol–water partition coefficient (Wildman–Crippen LogP) is 3.51. The van der Waals surface area contributed by atoms with Crippen molar-refractivity contribution in [2.75, 3.05) is 0 Å². The largest absolute Gasteiger partial charge is 0.486 e. The number of hydrogen-bond donors (Lipinski definition) is 1. The van der Waals surface area contributed by atoms with Crippen LogP contribution in [0.1, 0.15) is 23.2 Å². The Bertz CT molecular complexity index is 527. The molecule has 2 N–H and O–H groups in total. The van der Waals surface area contributed by atoms with Crippen LogP contribution in [-0.4, -0.2) is 4.98 Å². The van der Waals surface area contributed by atoms with E-state index in [9.17, 15) is 0 Å². The zero-order chi connectivity index (χ0) is 13.0. The summed E-state index contributed by atoms with van der Waals surface area (Å²) in [5, 5.41) is 3.18. The SMILES string of the molecule is CCc1nc(COc2c(Br)cccc2CN)cs1. The second-order valence-electron chi connectivity index (χ2n) is 3.81. The van der Waals surface area contributed by atoms with E-state index in [4.69, 9.17) is 10.5 Å². The number of ether oxygens (including phenoxy) is 1. The molecule has 2 aromatic rings. The number of benzene rings is 1. The zero-order valence-electron chi connectivity index (χ0n) is 10.1. The van der Waals surface area contributed by atoms with Crippen LogP contribution < -0.4 is 10.5 Å². The van der Waals surface area contributed by atoms with Gasteiger partial charge in [-0.05, 0) is 28.4 Å². The first-order valence-electron chi connectivity index (χ1n) is 5.78. The lowest BCUT2D eigenvalue weighted by Crippen LogP contribution is -2.03. The second kappa shape index (κ2) is 6.31. The molecule has 0 amide bonds. The van der Waals surface area contributed by atoms with Crippen LogP contribution >= 0.6 is 27.3 Å². The highest BCUT2D eigenvalue weighted by atomic mass is 79.9. The number of para-hydroxylation sites is 1. The molecule has 96 valence electrons. The summed E-state index contributed by atoms with van der Waals surface area (Å²) in [5.74, 6) is 0.811. The van der Waals surface area contributed by atoms with Crippen molar-refractivity contribution in [1.82, 2.24) is 4.98 Å². The number of nitrogens with zero attached hydrogens (tertiary/aromatic N) is 1. The van der Waals surface area contributed by atoms with Crippen LogP contribution in [0.3, 0.4) is 0 Å². The van der Waals surface area contributed by atoms with Gasteiger partial charge in [0.05, 0.1) is 15.2 Å². The van der Waals surface area contributed by atoms with E-state index in [1.54, 1.807) is 11.3 Å². The van der Waals surface area contributed by atoms with Gasteiger partial charge in [0.2, 0.25) is 0 Å². The number of aromatic nitrogens is 1. The van der Waals surface area contributed by atoms with Crippen molar-refractivity contribution in [3.8, 4) is 5.75 Å². The molecule has 0 unspecified atom stereocenters. The van der Waals surface area contributed by atoms with Crippen molar-refractivity contribution in [1.29, 1.82) is 0 Å². The summed E-state index contributed by atoms with van der Waals surface area (Å²) in [4.78, 5) is 4.48. The van der Waals surface area contributed by atoms with Gasteiger partial charge in [-0.2, -0.15) is 0 Å². The van der Waals surface area contributed by atoms with Crippen molar-refractivity contribution in [2.45, 2.75) is 26.5 Å². The molecule has 0 spiro atoms. The molecule has 0 aliphatic heterocycles. The summed E-state index contributed by atoms with van der Waals surface area (Å²) in [5.41, 5.74) is 7.66. The molecule has 0 fully saturated rings. The minimum atomic E-state index is 0.464. The predicted molar refractivity (Wildman–Crippen MR) is 77.9 cm³/mol. The van der Waals surface area contributed by atoms with Gasteiger partial charge >= 0.3 is 0 Å². The Labute approximate surface area is 119 Å². The summed E-state index contributed by atoms with van der Waals surface area (Å²) in [6.45, 7) is 3.04. The van der Waals surface area contributed by atoms with Gasteiger partial charge in [0.15, 0.2) is 0 Å². The van der Waals surface area contributed by atoms with E-state index in [1.165, 1.54) is 0 Å². The van der Waals surface area contributed by atoms with Crippen LogP contribution in [0.4, 0.5) is 0 Å². The number of aryl methyl sites for hydroxylation is 1. The van der Waals surface area contributed by atoms with Gasteiger partial charge in [0, 0.05) is 17.5 Å². The number of rotatable bonds is 5. The minimum absolute atomic E-state index is 0.464. The molecular formula is C13H15BrN2OS. The van der Waals surface area contributed by atoms with Gasteiger partial charge < -0.3 is 10.5 Å². The molecule has 1 aromatic heterocycles. The normalized spacial score (nSPS) is 10.6. The molecule has 3 nitrogen and oxygen atoms in total. The summed E-state index contributed by atoms with van der Waals surface area (Å²) in [6.07, 6.45) is 0.966. The standard InChI is InChI=1S/C13H15BrN2OS/c1-2-12-16-10(8-18-12)7-17-13-9(6-15)4-3-5-11(13)14/h3-5,8H,2,6-7,15H2,1H3. The maximum atomic E-state index is 5.82. The molecule has 0 bridgehead atoms. The monoisotopic (exact) mass is 326 g/mol. The highest BCUT2D eigenvalue weighted by Crippen LogP contribution is 2.29. The van der Waals surface area contributed by atoms with Crippen molar-refractivity contribution in [3.05, 3.63) is 44.3 Å². The van der Waals surface area contributed by atoms with E-state index in [-0.39, 0.29) is 0 Å². The molecule has 0 aliphatic rings. The molecule has 18 heavy (non-hydrogen) atoms. The minimum Gasteiger partial charge on any atom is -0.486 e. The highest BCUT2D eigenvalue weighted by Gasteiger charge is 2.08. The quantitative estimate of drug-likeness (QED) is 0.914. The fourth-order valence-electron chi connectivity index (χ4n) is 1.60. The van der Waals surface area contributed by atoms with Crippen LogP contribution in [0.5, 0.6) is 5.75 Å². The lowest BCUT2D eigenvalue weighted by atomic mass is 10.2. The van der Waals surface area contributed by atoms with E-state index in [0.717, 1.165) is 32.9 Å². The average molecular weight is 327 g/mol. The third-order valence-corrected chi connectivity index (χ3v) is 4.20. The molecule has 0 atom stereocenters. The van der Waals surface area contributed by atoms with Gasteiger partial charge in [-0.1, -0.05) is 19.1 Å². The maximum Gasteiger partial charge on any atom is 0.138 e. The zero-order valence-corrected chi connectivity index (χ0v) is 12.6. The number of nitrogens with two attached hydrogens (primary N) is 1. The number of thiazole rings is 1. The summed E-state index contributed by atoms with van der Waals surface area (Å²) < 4.78 is 6.75. The van der Waals surface area contributed by atoms with Gasteiger partial charge in [0.1, 0.15) is 12.4 Å². The van der Waals surface area contributed by atoms with Crippen molar-refractivity contribution in [3.63, 3.8) is 0 Å². The molecule has 2 rings (SSSR count). The molecule has 0 saturated carbocycles. The molecule has 0 saturated heterocycles. The van der Waals surface area contributed by atoms with Crippen LogP contribution in [-0.2, 0) is 19.6 Å². The topological polar surface area (TPSA) is 48.1 Å². The first-order valence-corrected chi connectivity index (χ1v) is 7.45. The Kier molecular flexibility index (Phi) is 4.74. The van der Waals surface area contributed by atoms with Crippen LogP contribution in [0.2, 0.25) is 0 Å². The van der Waals surface area contributed by atoms with Crippen molar-refractivity contribution in [2.24, 2.45) is 5.73 Å². The van der Waals surface area contributed by atoms with Gasteiger partial charge in [-0.3, -0.25) is 0 Å². The Morgan fingerprint density at radius 3 is 2.94 bits per heavy atom. The Hall–Kier alpha value is -0.910. The first-order chi connectivity index (χ1) is 8.74. The molecule has 0 aliphatic carbocycles. The van der Waals surface area contributed by atoms with E-state index in [0.29, 0.717) is 13.2 Å². The maximum absolute atomic E-state index is 5.82. The fourth-order valence-corrected chi connectivity index (χ4v) is 2.85. The Balaban J connectivity index is 2.10. The third-order valence-electron chi connectivity index (χ3n) is 2.53. The van der Waals surface area contributed by atoms with Crippen molar-refractivity contribution >= 4 is 27.3 Å². The Morgan fingerprint density at radius 1 is 1.44 bits per heavy atom. The molecular weight excluding hydrogens is 312 g/mol. The smallest absolute Gasteiger partial charge is 0.138 e. The summed E-state index contributed by atoms with van der Waals surface area (Å²) in [7, 11) is 0. The Morgan fingerprint density at radius 2 is 2.28 bits per heavy atom. The average Bonchev–Trinajstić information content (AvgIpc) is 2.85. The van der Waals surface area contributed by atoms with Gasteiger partial charge in [-0.15, -0.1) is 11.3 Å². The summed E-state index contributed by atoms with van der Waals surface area (Å²) in [6, 6.07) is 5.88. The first kappa shape index (κ1) is 13.5. The van der Waals surface area contributed by atoms with E-state index < -0.39 is 0 Å². The van der Waals surface area contributed by atoms with Gasteiger partial charge in [-0.25, -0.2) is 4.98 Å². The molecule has 1 heterocycles. The van der Waals surface area contributed by atoms with Crippen molar-refractivity contribution < 1.29 is 4.74 Å². The number of hydrogen-bond acceptors (Lipinski definition) is 4. The highest BCUT2D eigenvalue weighted by molar-refractivity contribution is 9.10. The number of halogens is 1. The molecule has 5 heteroatoms. The summed E-state index contributed by atoms with van der Waals surface area (Å²) >= 11 is 5.15. The van der Waals surface area contributed by atoms with Crippen LogP contribution in [0.25, 0.3) is 0 Å². The van der Waals surface area contributed by atoms with Gasteiger partial charge in [0.25, 0.3) is 0 Å². The van der Waals surface area contributed by atoms with E-state index in [2.05, 4.69) is 27.8 Å². The lowest BCUT2D eigenvalue weighted by Gasteiger charge is -2.11. The van der Waals surface area contributed by atoms with E-state index in [1.807, 2.05) is 23.6 Å². The molecule has 0 radical (unpaired) electrons. The van der Waals surface area contributed by atoms with Crippen LogP contribution in [0, 0.1) is 0 Å². The third kappa shape index (κ3) is 3.10. The van der Waals surface area contributed by atoms with E-state index >= 15 is 0 Å². The molecule has 1 aromatic carbocycles. The lowest BCUT2D eigenvalue weighted by molar-refractivity contribution is 0.297. The van der Waals surface area contributed by atoms with Crippen LogP contribution in [0.15, 0.2) is 28.1 Å².